The fraction of sp³-hybridized carbons (Fsp3) is 0.286. The summed E-state index contributed by atoms with van der Waals surface area (Å²) in [6.07, 6.45) is 1.25. The van der Waals surface area contributed by atoms with Crippen LogP contribution in [0.4, 0.5) is 0 Å². The van der Waals surface area contributed by atoms with E-state index >= 15 is 0 Å². The molecule has 0 aliphatic rings. The molecule has 68 valence electrons. The van der Waals surface area contributed by atoms with Gasteiger partial charge in [-0.15, -0.1) is 0 Å². The Morgan fingerprint density at radius 2 is 2.00 bits per heavy atom. The smallest absolute Gasteiger partial charge is 0.382 e. The van der Waals surface area contributed by atoms with Crippen LogP contribution in [-0.4, -0.2) is 19.7 Å². The van der Waals surface area contributed by atoms with Gasteiger partial charge in [0.15, 0.2) is 5.75 Å². The lowest BCUT2D eigenvalue weighted by atomic mass is 10.4. The van der Waals surface area contributed by atoms with Gasteiger partial charge in [-0.3, -0.25) is 0 Å². The molecule has 1 aromatic heterocycles. The van der Waals surface area contributed by atoms with Crippen molar-refractivity contribution in [3.63, 3.8) is 0 Å². The molecule has 0 saturated heterocycles. The van der Waals surface area contributed by atoms with Crippen molar-refractivity contribution in [1.82, 2.24) is 0 Å². The maximum atomic E-state index is 10.9. The molecule has 2 N–H and O–H groups in total. The van der Waals surface area contributed by atoms with Gasteiger partial charge in [0.05, 0.1) is 20.5 Å². The van der Waals surface area contributed by atoms with Crippen molar-refractivity contribution in [3.8, 4) is 11.5 Å². The van der Waals surface area contributed by atoms with Crippen LogP contribution in [0.5, 0.6) is 11.5 Å². The Bertz CT molecular complexity index is 290. The lowest BCUT2D eigenvalue weighted by Gasteiger charge is -2.02. The molecule has 0 unspecified atom stereocenters. The zero-order chi connectivity index (χ0) is 8.27. The van der Waals surface area contributed by atoms with Crippen molar-refractivity contribution < 1.29 is 19.4 Å². The largest absolute Gasteiger partial charge is 0.492 e. The van der Waals surface area contributed by atoms with Crippen molar-refractivity contribution in [2.45, 2.75) is 0 Å². The third-order valence-corrected chi connectivity index (χ3v) is 1.23. The van der Waals surface area contributed by atoms with E-state index in [9.17, 15) is 4.79 Å². The Morgan fingerprint density at radius 3 is 2.42 bits per heavy atom. The van der Waals surface area contributed by atoms with Crippen LogP contribution >= 0.6 is 0 Å². The molecular formula is C7H10O5. The van der Waals surface area contributed by atoms with E-state index in [4.69, 9.17) is 9.47 Å². The van der Waals surface area contributed by atoms with E-state index in [-0.39, 0.29) is 11.2 Å². The van der Waals surface area contributed by atoms with Gasteiger partial charge in [0.1, 0.15) is 0 Å². The van der Waals surface area contributed by atoms with Crippen molar-refractivity contribution in [1.29, 1.82) is 0 Å². The van der Waals surface area contributed by atoms with E-state index in [0.29, 0.717) is 5.75 Å². The highest BCUT2D eigenvalue weighted by atomic mass is 16.5. The fourth-order valence-electron chi connectivity index (χ4n) is 0.732. The molecule has 1 heterocycles. The molecule has 0 radical (unpaired) electrons. The molecular weight excluding hydrogens is 164 g/mol. The molecule has 0 aliphatic heterocycles. The van der Waals surface area contributed by atoms with Gasteiger partial charge < -0.3 is 19.4 Å². The Balaban J connectivity index is 0.00000121. The van der Waals surface area contributed by atoms with Gasteiger partial charge in [-0.1, -0.05) is 0 Å². The Morgan fingerprint density at radius 1 is 1.33 bits per heavy atom. The molecule has 1 aromatic rings. The topological polar surface area (TPSA) is 80.2 Å². The van der Waals surface area contributed by atoms with Crippen molar-refractivity contribution in [2.75, 3.05) is 14.2 Å². The van der Waals surface area contributed by atoms with Crippen molar-refractivity contribution >= 4 is 0 Å². The van der Waals surface area contributed by atoms with E-state index in [1.165, 1.54) is 26.5 Å². The third kappa shape index (κ3) is 1.76. The minimum Gasteiger partial charge on any atom is -0.492 e. The van der Waals surface area contributed by atoms with Gasteiger partial charge >= 0.3 is 5.63 Å². The molecule has 0 aliphatic carbocycles. The Labute approximate surface area is 68.8 Å². The van der Waals surface area contributed by atoms with Crippen LogP contribution in [0.2, 0.25) is 0 Å². The van der Waals surface area contributed by atoms with Gasteiger partial charge in [-0.05, 0) is 0 Å². The van der Waals surface area contributed by atoms with E-state index in [0.717, 1.165) is 0 Å². The van der Waals surface area contributed by atoms with Crippen molar-refractivity contribution in [3.05, 3.63) is 22.7 Å². The molecule has 0 amide bonds. The van der Waals surface area contributed by atoms with Gasteiger partial charge in [0.2, 0.25) is 5.75 Å². The van der Waals surface area contributed by atoms with E-state index in [2.05, 4.69) is 4.42 Å². The van der Waals surface area contributed by atoms with Gasteiger partial charge in [0.25, 0.3) is 0 Å². The molecule has 1 rings (SSSR count). The highest BCUT2D eigenvalue weighted by Crippen LogP contribution is 2.20. The minimum absolute atomic E-state index is 0. The summed E-state index contributed by atoms with van der Waals surface area (Å²) >= 11 is 0. The third-order valence-electron chi connectivity index (χ3n) is 1.23. The maximum absolute atomic E-state index is 10.9. The molecule has 0 aromatic carbocycles. The quantitative estimate of drug-likeness (QED) is 0.623. The normalized spacial score (nSPS) is 8.50. The van der Waals surface area contributed by atoms with Crippen molar-refractivity contribution in [2.24, 2.45) is 0 Å². The van der Waals surface area contributed by atoms with Crippen LogP contribution < -0.4 is 15.1 Å². The zero-order valence-corrected chi connectivity index (χ0v) is 6.79. The van der Waals surface area contributed by atoms with E-state index in [1.807, 2.05) is 0 Å². The first-order valence-corrected chi connectivity index (χ1v) is 2.99. The number of rotatable bonds is 2. The molecule has 12 heavy (non-hydrogen) atoms. The monoisotopic (exact) mass is 174 g/mol. The summed E-state index contributed by atoms with van der Waals surface area (Å²) in [5.74, 6) is 0.471. The first-order valence-electron chi connectivity index (χ1n) is 2.99. The predicted molar refractivity (Wildman–Crippen MR) is 41.7 cm³/mol. The minimum atomic E-state index is -0.535. The Kier molecular flexibility index (Phi) is 3.85. The second-order valence-electron chi connectivity index (χ2n) is 1.81. The summed E-state index contributed by atoms with van der Waals surface area (Å²) in [4.78, 5) is 10.9. The van der Waals surface area contributed by atoms with E-state index in [1.54, 1.807) is 0 Å². The SMILES string of the molecule is COc1ccoc(=O)c1OC.O. The number of methoxy groups -OCH3 is 2. The first kappa shape index (κ1) is 10.5. The fourth-order valence-corrected chi connectivity index (χ4v) is 0.732. The molecule has 0 atom stereocenters. The lowest BCUT2D eigenvalue weighted by molar-refractivity contribution is 0.328. The number of ether oxygens (including phenoxy) is 2. The second kappa shape index (κ2) is 4.40. The average molecular weight is 174 g/mol. The second-order valence-corrected chi connectivity index (χ2v) is 1.81. The van der Waals surface area contributed by atoms with Gasteiger partial charge in [0, 0.05) is 6.07 Å². The van der Waals surface area contributed by atoms with Crippen LogP contribution in [0.1, 0.15) is 0 Å². The molecule has 5 nitrogen and oxygen atoms in total. The van der Waals surface area contributed by atoms with Gasteiger partial charge in [-0.2, -0.15) is 0 Å². The highest BCUT2D eigenvalue weighted by molar-refractivity contribution is 5.34. The molecule has 0 saturated carbocycles. The highest BCUT2D eigenvalue weighted by Gasteiger charge is 2.07. The summed E-state index contributed by atoms with van der Waals surface area (Å²) in [5, 5.41) is 0. The summed E-state index contributed by atoms with van der Waals surface area (Å²) in [7, 11) is 2.84. The molecule has 0 bridgehead atoms. The summed E-state index contributed by atoms with van der Waals surface area (Å²) < 4.78 is 14.1. The number of hydrogen-bond donors (Lipinski definition) is 0. The Hall–Kier alpha value is -1.49. The number of hydrogen-bond acceptors (Lipinski definition) is 4. The van der Waals surface area contributed by atoms with Crippen LogP contribution in [0, 0.1) is 0 Å². The summed E-state index contributed by atoms with van der Waals surface area (Å²) in [6.45, 7) is 0. The summed E-state index contributed by atoms with van der Waals surface area (Å²) in [5.41, 5.74) is -0.535. The lowest BCUT2D eigenvalue weighted by Crippen LogP contribution is -2.04. The predicted octanol–water partition coefficient (Wildman–Crippen LogP) is -0.168. The van der Waals surface area contributed by atoms with Crippen LogP contribution in [0.3, 0.4) is 0 Å². The van der Waals surface area contributed by atoms with E-state index < -0.39 is 5.63 Å². The standard InChI is InChI=1S/C7H8O4.H2O/c1-9-5-3-4-11-7(8)6(5)10-2;/h3-4H,1-2H3;1H2. The first-order chi connectivity index (χ1) is 5.29. The van der Waals surface area contributed by atoms with Crippen LogP contribution in [0.25, 0.3) is 0 Å². The van der Waals surface area contributed by atoms with Crippen LogP contribution in [-0.2, 0) is 0 Å². The van der Waals surface area contributed by atoms with Gasteiger partial charge in [-0.25, -0.2) is 4.79 Å². The maximum Gasteiger partial charge on any atom is 0.382 e. The van der Waals surface area contributed by atoms with Crippen LogP contribution in [0.15, 0.2) is 21.5 Å². The summed E-state index contributed by atoms with van der Waals surface area (Å²) in [6, 6.07) is 1.51. The molecule has 0 fully saturated rings. The average Bonchev–Trinajstić information content (AvgIpc) is 2.04. The molecule has 5 heteroatoms. The molecule has 0 spiro atoms. The zero-order valence-electron chi connectivity index (χ0n) is 6.79.